The van der Waals surface area contributed by atoms with Crippen molar-refractivity contribution in [2.24, 2.45) is 5.92 Å². The number of ether oxygens (including phenoxy) is 1. The molecule has 1 atom stereocenters. The number of benzene rings is 1. The number of carbonyl (C=O) groups is 1. The number of halogens is 1. The molecule has 1 unspecified atom stereocenters. The van der Waals surface area contributed by atoms with E-state index in [0.717, 1.165) is 0 Å². The molecule has 0 bridgehead atoms. The first kappa shape index (κ1) is 13.3. The van der Waals surface area contributed by atoms with Gasteiger partial charge in [0, 0.05) is 23.6 Å². The van der Waals surface area contributed by atoms with Gasteiger partial charge < -0.3 is 10.1 Å². The first-order valence-electron chi connectivity index (χ1n) is 5.14. The molecule has 1 aromatic rings. The van der Waals surface area contributed by atoms with Gasteiger partial charge in [-0.05, 0) is 12.1 Å². The molecule has 0 aliphatic heterocycles. The standard InChI is InChI=1S/C12H13ClN2O2/c1-9(8-13)12(16)15-10-3-2-4-11(7-10)17-6-5-14/h2-4,7,9H,6,8H2,1H3,(H,15,16). The average molecular weight is 253 g/mol. The molecule has 0 spiro atoms. The minimum Gasteiger partial charge on any atom is -0.479 e. The summed E-state index contributed by atoms with van der Waals surface area (Å²) in [6.07, 6.45) is 0. The van der Waals surface area contributed by atoms with Gasteiger partial charge in [-0.25, -0.2) is 0 Å². The number of hydrogen-bond acceptors (Lipinski definition) is 3. The van der Waals surface area contributed by atoms with E-state index in [0.29, 0.717) is 11.4 Å². The predicted octanol–water partition coefficient (Wildman–Crippen LogP) is 2.40. The minimum absolute atomic E-state index is 0.0184. The lowest BCUT2D eigenvalue weighted by molar-refractivity contribution is -0.118. The Morgan fingerprint density at radius 2 is 2.41 bits per heavy atom. The van der Waals surface area contributed by atoms with Crippen LogP contribution in [-0.4, -0.2) is 18.4 Å². The summed E-state index contributed by atoms with van der Waals surface area (Å²) in [6, 6.07) is 8.75. The Morgan fingerprint density at radius 3 is 3.06 bits per heavy atom. The maximum Gasteiger partial charge on any atom is 0.228 e. The van der Waals surface area contributed by atoms with Gasteiger partial charge >= 0.3 is 0 Å². The Bertz CT molecular complexity index is 429. The molecule has 0 saturated heterocycles. The number of anilines is 1. The third-order valence-corrected chi connectivity index (χ3v) is 2.55. The van der Waals surface area contributed by atoms with Crippen LogP contribution in [-0.2, 0) is 4.79 Å². The van der Waals surface area contributed by atoms with Gasteiger partial charge in [0.2, 0.25) is 5.91 Å². The Labute approximate surface area is 105 Å². The second-order valence-corrected chi connectivity index (χ2v) is 3.83. The summed E-state index contributed by atoms with van der Waals surface area (Å²) in [7, 11) is 0. The van der Waals surface area contributed by atoms with E-state index >= 15 is 0 Å². The highest BCUT2D eigenvalue weighted by atomic mass is 35.5. The zero-order chi connectivity index (χ0) is 12.7. The zero-order valence-electron chi connectivity index (χ0n) is 9.44. The fourth-order valence-electron chi connectivity index (χ4n) is 1.11. The summed E-state index contributed by atoms with van der Waals surface area (Å²) in [4.78, 5) is 11.6. The smallest absolute Gasteiger partial charge is 0.228 e. The lowest BCUT2D eigenvalue weighted by Crippen LogP contribution is -2.21. The minimum atomic E-state index is -0.250. The lowest BCUT2D eigenvalue weighted by atomic mass is 10.2. The van der Waals surface area contributed by atoms with Gasteiger partial charge in [0.25, 0.3) is 0 Å². The van der Waals surface area contributed by atoms with Crippen LogP contribution in [0, 0.1) is 17.2 Å². The molecule has 1 aromatic carbocycles. The third kappa shape index (κ3) is 4.33. The Balaban J connectivity index is 2.66. The van der Waals surface area contributed by atoms with Crippen molar-refractivity contribution in [1.29, 1.82) is 5.26 Å². The number of nitrogens with zero attached hydrogens (tertiary/aromatic N) is 1. The predicted molar refractivity (Wildman–Crippen MR) is 66.1 cm³/mol. The number of amides is 1. The van der Waals surface area contributed by atoms with E-state index in [-0.39, 0.29) is 24.3 Å². The lowest BCUT2D eigenvalue weighted by Gasteiger charge is -2.10. The highest BCUT2D eigenvalue weighted by Crippen LogP contribution is 2.18. The van der Waals surface area contributed by atoms with E-state index in [1.165, 1.54) is 0 Å². The molecule has 0 heterocycles. The highest BCUT2D eigenvalue weighted by Gasteiger charge is 2.11. The van der Waals surface area contributed by atoms with Gasteiger partial charge in [0.15, 0.2) is 6.61 Å². The molecule has 5 heteroatoms. The van der Waals surface area contributed by atoms with E-state index in [9.17, 15) is 4.79 Å². The van der Waals surface area contributed by atoms with Crippen molar-refractivity contribution in [3.8, 4) is 11.8 Å². The molecule has 0 aliphatic carbocycles. The van der Waals surface area contributed by atoms with Crippen molar-refractivity contribution in [2.75, 3.05) is 17.8 Å². The van der Waals surface area contributed by atoms with Gasteiger partial charge in [-0.3, -0.25) is 4.79 Å². The number of nitrogens with one attached hydrogen (secondary N) is 1. The van der Waals surface area contributed by atoms with Crippen molar-refractivity contribution >= 4 is 23.2 Å². The number of carbonyl (C=O) groups excluding carboxylic acids is 1. The molecule has 1 amide bonds. The molecule has 4 nitrogen and oxygen atoms in total. The summed E-state index contributed by atoms with van der Waals surface area (Å²) in [5.74, 6) is 0.428. The van der Waals surface area contributed by atoms with E-state index in [4.69, 9.17) is 21.6 Å². The normalized spacial score (nSPS) is 11.4. The first-order valence-corrected chi connectivity index (χ1v) is 5.67. The Kier molecular flexibility index (Phi) is 5.31. The maximum atomic E-state index is 11.6. The molecule has 0 aromatic heterocycles. The van der Waals surface area contributed by atoms with Crippen LogP contribution < -0.4 is 10.1 Å². The molecule has 1 N–H and O–H groups in total. The SMILES string of the molecule is CC(CCl)C(=O)Nc1cccc(OCC#N)c1. The molecular weight excluding hydrogens is 240 g/mol. The zero-order valence-corrected chi connectivity index (χ0v) is 10.2. The summed E-state index contributed by atoms with van der Waals surface area (Å²) in [5, 5.41) is 11.1. The van der Waals surface area contributed by atoms with Crippen LogP contribution in [0.1, 0.15) is 6.92 Å². The monoisotopic (exact) mass is 252 g/mol. The third-order valence-electron chi connectivity index (χ3n) is 2.08. The second-order valence-electron chi connectivity index (χ2n) is 3.52. The summed E-state index contributed by atoms with van der Waals surface area (Å²) in [6.45, 7) is 1.73. The van der Waals surface area contributed by atoms with Gasteiger partial charge in [0.05, 0.1) is 0 Å². The van der Waals surface area contributed by atoms with E-state index in [1.807, 2.05) is 6.07 Å². The number of nitriles is 1. The summed E-state index contributed by atoms with van der Waals surface area (Å²) >= 11 is 5.59. The number of rotatable bonds is 5. The van der Waals surface area contributed by atoms with Crippen LogP contribution in [0.2, 0.25) is 0 Å². The highest BCUT2D eigenvalue weighted by molar-refractivity contribution is 6.19. The molecular formula is C12H13ClN2O2. The molecule has 0 radical (unpaired) electrons. The summed E-state index contributed by atoms with van der Waals surface area (Å²) < 4.78 is 5.13. The quantitative estimate of drug-likeness (QED) is 0.819. The summed E-state index contributed by atoms with van der Waals surface area (Å²) in [5.41, 5.74) is 0.627. The van der Waals surface area contributed by atoms with Gasteiger partial charge in [-0.15, -0.1) is 11.6 Å². The molecule has 90 valence electrons. The molecule has 0 aliphatic rings. The first-order chi connectivity index (χ1) is 8.17. The average Bonchev–Trinajstić information content (AvgIpc) is 2.35. The van der Waals surface area contributed by atoms with Gasteiger partial charge in [0.1, 0.15) is 11.8 Å². The van der Waals surface area contributed by atoms with Gasteiger partial charge in [-0.1, -0.05) is 13.0 Å². The number of hydrogen-bond donors (Lipinski definition) is 1. The van der Waals surface area contributed by atoms with Crippen LogP contribution >= 0.6 is 11.6 Å². The molecule has 1 rings (SSSR count). The van der Waals surface area contributed by atoms with Crippen LogP contribution in [0.3, 0.4) is 0 Å². The van der Waals surface area contributed by atoms with Crippen molar-refractivity contribution in [3.63, 3.8) is 0 Å². The van der Waals surface area contributed by atoms with Crippen LogP contribution in [0.5, 0.6) is 5.75 Å². The van der Waals surface area contributed by atoms with Crippen molar-refractivity contribution in [1.82, 2.24) is 0 Å². The molecule has 17 heavy (non-hydrogen) atoms. The second kappa shape index (κ2) is 6.77. The molecule has 0 saturated carbocycles. The van der Waals surface area contributed by atoms with Gasteiger partial charge in [-0.2, -0.15) is 5.26 Å². The van der Waals surface area contributed by atoms with Crippen LogP contribution in [0.4, 0.5) is 5.69 Å². The van der Waals surface area contributed by atoms with Crippen LogP contribution in [0.15, 0.2) is 24.3 Å². The van der Waals surface area contributed by atoms with Crippen LogP contribution in [0.25, 0.3) is 0 Å². The Morgan fingerprint density at radius 1 is 1.65 bits per heavy atom. The van der Waals surface area contributed by atoms with Crippen molar-refractivity contribution in [2.45, 2.75) is 6.92 Å². The van der Waals surface area contributed by atoms with Crippen molar-refractivity contribution < 1.29 is 9.53 Å². The molecule has 0 fully saturated rings. The van der Waals surface area contributed by atoms with E-state index < -0.39 is 0 Å². The largest absolute Gasteiger partial charge is 0.479 e. The fraction of sp³-hybridized carbons (Fsp3) is 0.333. The van der Waals surface area contributed by atoms with E-state index in [2.05, 4.69) is 5.32 Å². The fourth-order valence-corrected chi connectivity index (χ4v) is 1.25. The van der Waals surface area contributed by atoms with Crippen molar-refractivity contribution in [3.05, 3.63) is 24.3 Å². The van der Waals surface area contributed by atoms with E-state index in [1.54, 1.807) is 31.2 Å². The maximum absolute atomic E-state index is 11.6. The number of alkyl halides is 1. The topological polar surface area (TPSA) is 62.1 Å². The Hall–Kier alpha value is -1.73.